The van der Waals surface area contributed by atoms with E-state index in [0.717, 1.165) is 12.8 Å². The van der Waals surface area contributed by atoms with Gasteiger partial charge in [0.2, 0.25) is 5.91 Å². The average Bonchev–Trinajstić information content (AvgIpc) is 2.66. The second-order valence-corrected chi connectivity index (χ2v) is 4.06. The Morgan fingerprint density at radius 3 is 2.33 bits per heavy atom. The Morgan fingerprint density at radius 1 is 1.40 bits per heavy atom. The van der Waals surface area contributed by atoms with Crippen LogP contribution in [0, 0.1) is 0 Å². The van der Waals surface area contributed by atoms with E-state index in [2.05, 4.69) is 5.32 Å². The molecule has 1 unspecified atom stereocenters. The van der Waals surface area contributed by atoms with Gasteiger partial charge in [0.15, 0.2) is 0 Å². The third-order valence-electron chi connectivity index (χ3n) is 2.81. The van der Waals surface area contributed by atoms with Crippen molar-refractivity contribution in [2.75, 3.05) is 7.11 Å². The van der Waals surface area contributed by atoms with Crippen LogP contribution in [0.1, 0.15) is 32.6 Å². The van der Waals surface area contributed by atoms with E-state index in [1.807, 2.05) is 0 Å². The SMILES string of the molecule is COC(=O)C1(NC(=O)C(C)N)CCCC1. The van der Waals surface area contributed by atoms with Gasteiger partial charge in [-0.05, 0) is 19.8 Å². The molecule has 1 aliphatic rings. The highest BCUT2D eigenvalue weighted by molar-refractivity contribution is 5.90. The largest absolute Gasteiger partial charge is 0.467 e. The number of nitrogens with two attached hydrogens (primary N) is 1. The predicted octanol–water partition coefficient (Wildman–Crippen LogP) is -0.0644. The number of hydrogen-bond donors (Lipinski definition) is 2. The summed E-state index contributed by atoms with van der Waals surface area (Å²) in [6.45, 7) is 1.59. The minimum Gasteiger partial charge on any atom is -0.467 e. The van der Waals surface area contributed by atoms with Crippen LogP contribution < -0.4 is 11.1 Å². The second-order valence-electron chi connectivity index (χ2n) is 4.06. The number of methoxy groups -OCH3 is 1. The van der Waals surface area contributed by atoms with Crippen molar-refractivity contribution in [1.29, 1.82) is 0 Å². The molecule has 0 heterocycles. The summed E-state index contributed by atoms with van der Waals surface area (Å²) >= 11 is 0. The summed E-state index contributed by atoms with van der Waals surface area (Å²) in [5, 5.41) is 2.70. The minimum absolute atomic E-state index is 0.303. The Balaban J connectivity index is 2.74. The van der Waals surface area contributed by atoms with E-state index < -0.39 is 11.6 Å². The number of esters is 1. The lowest BCUT2D eigenvalue weighted by Gasteiger charge is -2.27. The first-order valence-electron chi connectivity index (χ1n) is 5.18. The van der Waals surface area contributed by atoms with Crippen molar-refractivity contribution in [2.24, 2.45) is 5.73 Å². The molecule has 0 saturated heterocycles. The number of ether oxygens (including phenoxy) is 1. The van der Waals surface area contributed by atoms with Gasteiger partial charge in [-0.2, -0.15) is 0 Å². The van der Waals surface area contributed by atoms with Crippen molar-refractivity contribution < 1.29 is 14.3 Å². The van der Waals surface area contributed by atoms with E-state index in [9.17, 15) is 9.59 Å². The number of rotatable bonds is 3. The maximum Gasteiger partial charge on any atom is 0.331 e. The topological polar surface area (TPSA) is 81.4 Å². The standard InChI is InChI=1S/C10H18N2O3/c1-7(11)8(13)12-10(9(14)15-2)5-3-4-6-10/h7H,3-6,11H2,1-2H3,(H,12,13). The summed E-state index contributed by atoms with van der Waals surface area (Å²) in [7, 11) is 1.33. The van der Waals surface area contributed by atoms with E-state index in [-0.39, 0.29) is 11.9 Å². The molecule has 0 bridgehead atoms. The van der Waals surface area contributed by atoms with Crippen LogP contribution in [0.5, 0.6) is 0 Å². The summed E-state index contributed by atoms with van der Waals surface area (Å²) in [6, 6.07) is -0.605. The third kappa shape index (κ3) is 2.47. The zero-order chi connectivity index (χ0) is 11.5. The molecule has 1 fully saturated rings. The fourth-order valence-corrected chi connectivity index (χ4v) is 1.90. The molecule has 1 amide bonds. The lowest BCUT2D eigenvalue weighted by molar-refractivity contribution is -0.150. The molecule has 0 aromatic heterocycles. The molecule has 15 heavy (non-hydrogen) atoms. The van der Waals surface area contributed by atoms with E-state index >= 15 is 0 Å². The maximum absolute atomic E-state index is 11.6. The van der Waals surface area contributed by atoms with Gasteiger partial charge in [0, 0.05) is 0 Å². The molecule has 5 heteroatoms. The zero-order valence-corrected chi connectivity index (χ0v) is 9.21. The van der Waals surface area contributed by atoms with Gasteiger partial charge in [-0.15, -0.1) is 0 Å². The normalized spacial score (nSPS) is 20.7. The molecular formula is C10H18N2O3. The Labute approximate surface area is 89.3 Å². The zero-order valence-electron chi connectivity index (χ0n) is 9.21. The van der Waals surface area contributed by atoms with Crippen molar-refractivity contribution in [3.8, 4) is 0 Å². The molecule has 1 atom stereocenters. The summed E-state index contributed by atoms with van der Waals surface area (Å²) < 4.78 is 4.72. The van der Waals surface area contributed by atoms with Gasteiger partial charge in [-0.3, -0.25) is 4.79 Å². The molecule has 1 saturated carbocycles. The van der Waals surface area contributed by atoms with Crippen LogP contribution in [0.15, 0.2) is 0 Å². The van der Waals surface area contributed by atoms with Gasteiger partial charge < -0.3 is 15.8 Å². The van der Waals surface area contributed by atoms with Crippen LogP contribution in [-0.2, 0) is 14.3 Å². The van der Waals surface area contributed by atoms with E-state index in [0.29, 0.717) is 12.8 Å². The molecule has 0 spiro atoms. The molecule has 0 aliphatic heterocycles. The lowest BCUT2D eigenvalue weighted by Crippen LogP contribution is -2.56. The van der Waals surface area contributed by atoms with Crippen molar-refractivity contribution in [3.05, 3.63) is 0 Å². The first-order chi connectivity index (χ1) is 7.02. The average molecular weight is 214 g/mol. The Kier molecular flexibility index (Phi) is 3.68. The number of nitrogens with one attached hydrogen (secondary N) is 1. The highest BCUT2D eigenvalue weighted by Gasteiger charge is 2.43. The Bertz CT molecular complexity index is 257. The first-order valence-corrected chi connectivity index (χ1v) is 5.18. The van der Waals surface area contributed by atoms with E-state index in [1.54, 1.807) is 6.92 Å². The van der Waals surface area contributed by atoms with Gasteiger partial charge in [0.05, 0.1) is 13.2 Å². The highest BCUT2D eigenvalue weighted by Crippen LogP contribution is 2.30. The summed E-state index contributed by atoms with van der Waals surface area (Å²) in [5.41, 5.74) is 4.62. The maximum atomic E-state index is 11.6. The molecule has 1 aliphatic carbocycles. The quantitative estimate of drug-likeness (QED) is 0.645. The Morgan fingerprint density at radius 2 is 1.93 bits per heavy atom. The Hall–Kier alpha value is -1.10. The molecule has 0 aromatic carbocycles. The molecule has 5 nitrogen and oxygen atoms in total. The highest BCUT2D eigenvalue weighted by atomic mass is 16.5. The van der Waals surface area contributed by atoms with Crippen LogP contribution in [0.4, 0.5) is 0 Å². The van der Waals surface area contributed by atoms with Crippen LogP contribution >= 0.6 is 0 Å². The summed E-state index contributed by atoms with van der Waals surface area (Å²) in [4.78, 5) is 23.1. The first kappa shape index (κ1) is 12.0. The lowest BCUT2D eigenvalue weighted by atomic mass is 9.97. The smallest absolute Gasteiger partial charge is 0.331 e. The number of amides is 1. The van der Waals surface area contributed by atoms with Gasteiger partial charge in [-0.1, -0.05) is 12.8 Å². The van der Waals surface area contributed by atoms with Crippen molar-refractivity contribution >= 4 is 11.9 Å². The molecule has 0 radical (unpaired) electrons. The summed E-state index contributed by atoms with van der Waals surface area (Å²) in [6.07, 6.45) is 3.12. The number of carbonyl (C=O) groups is 2. The second kappa shape index (κ2) is 4.61. The fraction of sp³-hybridized carbons (Fsp3) is 0.800. The minimum atomic E-state index is -0.834. The van der Waals surface area contributed by atoms with E-state index in [1.165, 1.54) is 7.11 Å². The third-order valence-corrected chi connectivity index (χ3v) is 2.81. The van der Waals surface area contributed by atoms with Crippen LogP contribution in [0.25, 0.3) is 0 Å². The van der Waals surface area contributed by atoms with Crippen LogP contribution in [-0.4, -0.2) is 30.6 Å². The van der Waals surface area contributed by atoms with E-state index in [4.69, 9.17) is 10.5 Å². The van der Waals surface area contributed by atoms with Crippen LogP contribution in [0.2, 0.25) is 0 Å². The molecule has 3 N–H and O–H groups in total. The molecule has 0 aromatic rings. The van der Waals surface area contributed by atoms with Gasteiger partial charge in [-0.25, -0.2) is 4.79 Å². The van der Waals surface area contributed by atoms with Gasteiger partial charge in [0.25, 0.3) is 0 Å². The van der Waals surface area contributed by atoms with Gasteiger partial charge in [0.1, 0.15) is 5.54 Å². The number of hydrogen-bond acceptors (Lipinski definition) is 4. The van der Waals surface area contributed by atoms with Crippen molar-refractivity contribution in [2.45, 2.75) is 44.2 Å². The molecular weight excluding hydrogens is 196 g/mol. The van der Waals surface area contributed by atoms with Crippen molar-refractivity contribution in [1.82, 2.24) is 5.32 Å². The summed E-state index contributed by atoms with van der Waals surface area (Å²) in [5.74, 6) is -0.670. The monoisotopic (exact) mass is 214 g/mol. The number of carbonyl (C=O) groups excluding carboxylic acids is 2. The molecule has 86 valence electrons. The predicted molar refractivity (Wildman–Crippen MR) is 55.0 cm³/mol. The van der Waals surface area contributed by atoms with Crippen molar-refractivity contribution in [3.63, 3.8) is 0 Å². The molecule has 1 rings (SSSR count). The fourth-order valence-electron chi connectivity index (χ4n) is 1.90. The van der Waals surface area contributed by atoms with Gasteiger partial charge >= 0.3 is 5.97 Å². The van der Waals surface area contributed by atoms with Crippen LogP contribution in [0.3, 0.4) is 0 Å².